The number of carbonyl (C=O) groups excluding carboxylic acids is 1. The standard InChI is InChI=1S/C18H30N2O/c19-11-18(3-1-2-4-18)16(21)20-12-17-8-13-5-14(9-17)7-15(6-13)10-17/h13-15H,1-12,19H2,(H,20,21). The molecule has 0 aromatic carbocycles. The summed E-state index contributed by atoms with van der Waals surface area (Å²) in [6.45, 7) is 1.46. The van der Waals surface area contributed by atoms with E-state index in [1.54, 1.807) is 0 Å². The van der Waals surface area contributed by atoms with Gasteiger partial charge in [0.25, 0.3) is 0 Å². The van der Waals surface area contributed by atoms with Crippen LogP contribution in [0.15, 0.2) is 0 Å². The monoisotopic (exact) mass is 290 g/mol. The zero-order valence-electron chi connectivity index (χ0n) is 13.2. The minimum Gasteiger partial charge on any atom is -0.355 e. The van der Waals surface area contributed by atoms with Crippen molar-refractivity contribution in [3.8, 4) is 0 Å². The summed E-state index contributed by atoms with van der Waals surface area (Å²) in [6, 6.07) is 0. The van der Waals surface area contributed by atoms with Crippen LogP contribution < -0.4 is 11.1 Å². The molecule has 0 radical (unpaired) electrons. The molecule has 0 atom stereocenters. The highest BCUT2D eigenvalue weighted by Crippen LogP contribution is 2.59. The molecule has 0 unspecified atom stereocenters. The van der Waals surface area contributed by atoms with E-state index in [4.69, 9.17) is 5.73 Å². The van der Waals surface area contributed by atoms with Crippen LogP contribution in [0.1, 0.15) is 64.2 Å². The molecule has 21 heavy (non-hydrogen) atoms. The van der Waals surface area contributed by atoms with Gasteiger partial charge in [-0.15, -0.1) is 0 Å². The van der Waals surface area contributed by atoms with E-state index < -0.39 is 0 Å². The van der Waals surface area contributed by atoms with Crippen molar-refractivity contribution in [2.75, 3.05) is 13.1 Å². The predicted octanol–water partition coefficient (Wildman–Crippen LogP) is 2.84. The van der Waals surface area contributed by atoms with Gasteiger partial charge in [0.05, 0.1) is 5.41 Å². The smallest absolute Gasteiger partial charge is 0.227 e. The molecule has 4 bridgehead atoms. The Kier molecular flexibility index (Phi) is 3.33. The summed E-state index contributed by atoms with van der Waals surface area (Å²) in [5.74, 6) is 3.15. The van der Waals surface area contributed by atoms with Gasteiger partial charge < -0.3 is 11.1 Å². The fraction of sp³-hybridized carbons (Fsp3) is 0.944. The largest absolute Gasteiger partial charge is 0.355 e. The molecule has 5 saturated carbocycles. The molecule has 0 heterocycles. The van der Waals surface area contributed by atoms with Crippen molar-refractivity contribution >= 4 is 5.91 Å². The van der Waals surface area contributed by atoms with Crippen LogP contribution in [0.3, 0.4) is 0 Å². The van der Waals surface area contributed by atoms with Crippen molar-refractivity contribution in [2.45, 2.75) is 64.2 Å². The number of amides is 1. The summed E-state index contributed by atoms with van der Waals surface area (Å²) in [6.07, 6.45) is 12.9. The normalized spacial score (nSPS) is 43.2. The number of rotatable bonds is 4. The fourth-order valence-electron chi connectivity index (χ4n) is 6.54. The second-order valence-corrected chi connectivity index (χ2v) is 8.79. The molecule has 0 aliphatic heterocycles. The van der Waals surface area contributed by atoms with E-state index in [0.717, 1.165) is 37.1 Å². The molecular weight excluding hydrogens is 260 g/mol. The number of nitrogens with two attached hydrogens (primary N) is 1. The SMILES string of the molecule is NCC1(C(=O)NCC23CC4CC(CC(C4)C2)C3)CCCC1. The molecule has 0 spiro atoms. The van der Waals surface area contributed by atoms with Crippen LogP contribution in [0.25, 0.3) is 0 Å². The minimum atomic E-state index is -0.234. The Morgan fingerprint density at radius 3 is 2.00 bits per heavy atom. The molecular formula is C18H30N2O. The van der Waals surface area contributed by atoms with Crippen LogP contribution in [0.4, 0.5) is 0 Å². The molecule has 3 nitrogen and oxygen atoms in total. The lowest BCUT2D eigenvalue weighted by molar-refractivity contribution is -0.132. The summed E-state index contributed by atoms with van der Waals surface area (Å²) >= 11 is 0. The lowest BCUT2D eigenvalue weighted by Gasteiger charge is -2.57. The Bertz CT molecular complexity index is 390. The van der Waals surface area contributed by atoms with E-state index in [1.807, 2.05) is 0 Å². The molecule has 118 valence electrons. The minimum absolute atomic E-state index is 0.234. The van der Waals surface area contributed by atoms with Gasteiger partial charge in [-0.05, 0) is 74.5 Å². The topological polar surface area (TPSA) is 55.1 Å². The van der Waals surface area contributed by atoms with Crippen molar-refractivity contribution < 1.29 is 4.79 Å². The summed E-state index contributed by atoms with van der Waals surface area (Å²) in [5.41, 5.74) is 6.15. The molecule has 3 heteroatoms. The molecule has 0 aromatic heterocycles. The van der Waals surface area contributed by atoms with E-state index in [-0.39, 0.29) is 11.3 Å². The van der Waals surface area contributed by atoms with E-state index in [0.29, 0.717) is 12.0 Å². The zero-order chi connectivity index (χ0) is 14.5. The van der Waals surface area contributed by atoms with E-state index >= 15 is 0 Å². The van der Waals surface area contributed by atoms with Crippen LogP contribution in [0.2, 0.25) is 0 Å². The van der Waals surface area contributed by atoms with Crippen LogP contribution in [-0.2, 0) is 4.79 Å². The van der Waals surface area contributed by atoms with Gasteiger partial charge >= 0.3 is 0 Å². The van der Waals surface area contributed by atoms with Gasteiger partial charge in [-0.25, -0.2) is 0 Å². The number of hydrogen-bond acceptors (Lipinski definition) is 2. The molecule has 5 fully saturated rings. The van der Waals surface area contributed by atoms with Crippen LogP contribution in [-0.4, -0.2) is 19.0 Å². The van der Waals surface area contributed by atoms with Crippen LogP contribution in [0, 0.1) is 28.6 Å². The van der Waals surface area contributed by atoms with Gasteiger partial charge in [0, 0.05) is 13.1 Å². The number of nitrogens with one attached hydrogen (secondary N) is 1. The molecule has 5 aliphatic rings. The lowest BCUT2D eigenvalue weighted by Crippen LogP contribution is -2.53. The molecule has 0 aromatic rings. The second kappa shape index (κ2) is 4.97. The average Bonchev–Trinajstić information content (AvgIpc) is 2.93. The van der Waals surface area contributed by atoms with Gasteiger partial charge in [-0.2, -0.15) is 0 Å². The molecule has 0 saturated heterocycles. The third-order valence-electron chi connectivity index (χ3n) is 7.22. The van der Waals surface area contributed by atoms with Gasteiger partial charge in [0.1, 0.15) is 0 Å². The first-order chi connectivity index (χ1) is 10.1. The van der Waals surface area contributed by atoms with Crippen molar-refractivity contribution in [1.29, 1.82) is 0 Å². The quantitative estimate of drug-likeness (QED) is 0.836. The highest BCUT2D eigenvalue weighted by Gasteiger charge is 2.51. The average molecular weight is 290 g/mol. The molecule has 5 aliphatic carbocycles. The first-order valence-corrected chi connectivity index (χ1v) is 9.12. The Morgan fingerprint density at radius 2 is 1.52 bits per heavy atom. The van der Waals surface area contributed by atoms with Crippen molar-refractivity contribution in [1.82, 2.24) is 5.32 Å². The molecule has 1 amide bonds. The highest BCUT2D eigenvalue weighted by atomic mass is 16.2. The van der Waals surface area contributed by atoms with E-state index in [9.17, 15) is 4.79 Å². The van der Waals surface area contributed by atoms with E-state index in [2.05, 4.69) is 5.32 Å². The predicted molar refractivity (Wildman–Crippen MR) is 83.6 cm³/mol. The van der Waals surface area contributed by atoms with Crippen molar-refractivity contribution in [3.05, 3.63) is 0 Å². The maximum absolute atomic E-state index is 12.7. The summed E-state index contributed by atoms with van der Waals surface area (Å²) < 4.78 is 0. The Balaban J connectivity index is 1.41. The van der Waals surface area contributed by atoms with Crippen molar-refractivity contribution in [2.24, 2.45) is 34.3 Å². The zero-order valence-corrected chi connectivity index (χ0v) is 13.2. The van der Waals surface area contributed by atoms with Gasteiger partial charge in [0.2, 0.25) is 5.91 Å². The summed E-state index contributed by atoms with van der Waals surface area (Å²) in [4.78, 5) is 12.7. The Hall–Kier alpha value is -0.570. The van der Waals surface area contributed by atoms with Gasteiger partial charge in [0.15, 0.2) is 0 Å². The number of hydrogen-bond donors (Lipinski definition) is 2. The molecule has 3 N–H and O–H groups in total. The van der Waals surface area contributed by atoms with Crippen LogP contribution >= 0.6 is 0 Å². The molecule has 5 rings (SSSR count). The first-order valence-electron chi connectivity index (χ1n) is 9.12. The van der Waals surface area contributed by atoms with Crippen molar-refractivity contribution in [3.63, 3.8) is 0 Å². The van der Waals surface area contributed by atoms with E-state index in [1.165, 1.54) is 51.4 Å². The fourth-order valence-corrected chi connectivity index (χ4v) is 6.54. The second-order valence-electron chi connectivity index (χ2n) is 8.79. The first kappa shape index (κ1) is 14.0. The van der Waals surface area contributed by atoms with Gasteiger partial charge in [-0.3, -0.25) is 4.79 Å². The Labute approximate surface area is 128 Å². The summed E-state index contributed by atoms with van der Waals surface area (Å²) in [7, 11) is 0. The summed E-state index contributed by atoms with van der Waals surface area (Å²) in [5, 5.41) is 3.35. The van der Waals surface area contributed by atoms with Gasteiger partial charge in [-0.1, -0.05) is 12.8 Å². The number of carbonyl (C=O) groups is 1. The lowest BCUT2D eigenvalue weighted by atomic mass is 9.49. The maximum Gasteiger partial charge on any atom is 0.227 e. The third kappa shape index (κ3) is 2.32. The van der Waals surface area contributed by atoms with Crippen LogP contribution in [0.5, 0.6) is 0 Å². The Morgan fingerprint density at radius 1 is 1.00 bits per heavy atom. The maximum atomic E-state index is 12.7. The third-order valence-corrected chi connectivity index (χ3v) is 7.22. The highest BCUT2D eigenvalue weighted by molar-refractivity contribution is 5.83.